The van der Waals surface area contributed by atoms with E-state index in [-0.39, 0.29) is 38.2 Å². The van der Waals surface area contributed by atoms with E-state index >= 15 is 0 Å². The fraction of sp³-hybridized carbons (Fsp3) is 0.783. The van der Waals surface area contributed by atoms with Gasteiger partial charge < -0.3 is 55.0 Å². The van der Waals surface area contributed by atoms with E-state index in [4.69, 9.17) is 39.6 Å². The minimum atomic E-state index is -1.48. The fourth-order valence-corrected chi connectivity index (χ4v) is 2.80. The Morgan fingerprint density at radius 3 is 1.92 bits per heavy atom. The van der Waals surface area contributed by atoms with E-state index < -0.39 is 36.8 Å². The highest BCUT2D eigenvalue weighted by Gasteiger charge is 2.24. The van der Waals surface area contributed by atoms with E-state index in [1.165, 1.54) is 0 Å². The molecule has 226 valence electrons. The Bertz CT molecular complexity index is 696. The van der Waals surface area contributed by atoms with Crippen molar-refractivity contribution < 1.29 is 62.6 Å². The summed E-state index contributed by atoms with van der Waals surface area (Å²) in [5.41, 5.74) is 5.30. The van der Waals surface area contributed by atoms with Crippen molar-refractivity contribution in [3.63, 3.8) is 0 Å². The predicted molar refractivity (Wildman–Crippen MR) is 133 cm³/mol. The lowest BCUT2D eigenvalue weighted by Gasteiger charge is -2.18. The van der Waals surface area contributed by atoms with Crippen molar-refractivity contribution in [3.05, 3.63) is 0 Å². The number of carbonyl (C=O) groups excluding carboxylic acids is 3. The molecule has 0 aromatic carbocycles. The summed E-state index contributed by atoms with van der Waals surface area (Å²) in [5, 5.41) is 22.4. The van der Waals surface area contributed by atoms with Gasteiger partial charge in [-0.2, -0.15) is 0 Å². The normalized spacial score (nSPS) is 12.2. The Hall–Kier alpha value is -3.05. The van der Waals surface area contributed by atoms with Gasteiger partial charge in [0.15, 0.2) is 0 Å². The number of ether oxygens (including phenoxy) is 6. The summed E-state index contributed by atoms with van der Waals surface area (Å²) in [6.07, 6.45) is -2.10. The number of alkyl carbamates (subject to hydrolysis) is 1. The van der Waals surface area contributed by atoms with Crippen LogP contribution in [0.3, 0.4) is 0 Å². The first kappa shape index (κ1) is 35.9. The molecule has 0 aromatic heterocycles. The second-order valence-electron chi connectivity index (χ2n) is 7.87. The van der Waals surface area contributed by atoms with Crippen molar-refractivity contribution in [2.75, 3.05) is 65.9 Å². The maximum absolute atomic E-state index is 11.9. The van der Waals surface area contributed by atoms with E-state index in [0.29, 0.717) is 72.2 Å². The molecule has 0 spiro atoms. The number of nitrogens with one attached hydrogen (secondary N) is 2. The number of hydrogen-bond donors (Lipinski definition) is 5. The molecule has 0 aliphatic heterocycles. The molecule has 0 aliphatic carbocycles. The van der Waals surface area contributed by atoms with Gasteiger partial charge in [-0.1, -0.05) is 0 Å². The number of amides is 2. The number of unbranched alkanes of at least 4 members (excludes halogenated alkanes) is 1. The fourth-order valence-electron chi connectivity index (χ4n) is 2.80. The van der Waals surface area contributed by atoms with Crippen LogP contribution in [-0.2, 0) is 47.6 Å². The molecule has 0 radical (unpaired) electrons. The van der Waals surface area contributed by atoms with Gasteiger partial charge >= 0.3 is 18.0 Å². The predicted octanol–water partition coefficient (Wildman–Crippen LogP) is -0.769. The molecule has 0 saturated heterocycles. The highest BCUT2D eigenvalue weighted by molar-refractivity contribution is 5.80. The summed E-state index contributed by atoms with van der Waals surface area (Å²) in [6.45, 7) is 4.15. The quantitative estimate of drug-likeness (QED) is 0.0466. The minimum Gasteiger partial charge on any atom is -0.481 e. The summed E-state index contributed by atoms with van der Waals surface area (Å²) in [4.78, 5) is 56.2. The van der Waals surface area contributed by atoms with Gasteiger partial charge in [-0.3, -0.25) is 14.4 Å². The number of carboxylic acids is 2. The molecule has 16 nitrogen and oxygen atoms in total. The molecule has 2 atom stereocenters. The summed E-state index contributed by atoms with van der Waals surface area (Å²) in [6, 6.07) is -1.48. The van der Waals surface area contributed by atoms with E-state index in [1.807, 2.05) is 5.32 Å². The molecule has 0 aromatic rings. The summed E-state index contributed by atoms with van der Waals surface area (Å²) in [7, 11) is 0. The zero-order valence-corrected chi connectivity index (χ0v) is 22.0. The Morgan fingerprint density at radius 1 is 0.795 bits per heavy atom. The number of hydrogen-bond acceptors (Lipinski definition) is 12. The molecule has 39 heavy (non-hydrogen) atoms. The van der Waals surface area contributed by atoms with Crippen molar-refractivity contribution >= 4 is 30.4 Å². The molecule has 0 rings (SSSR count). The SMILES string of the molecule is NCCOCCOCCOCCOCCC(=O)NCCCC[C@@H](OC=O)OC(=O)N[C@@H](CCC(=O)O)C(=O)O. The molecule has 6 N–H and O–H groups in total. The first-order chi connectivity index (χ1) is 18.8. The van der Waals surface area contributed by atoms with Crippen LogP contribution >= 0.6 is 0 Å². The second-order valence-corrected chi connectivity index (χ2v) is 7.87. The number of nitrogens with two attached hydrogens (primary N) is 1. The number of carboxylic acid groups (broad SMARTS) is 2. The lowest BCUT2D eigenvalue weighted by molar-refractivity contribution is -0.154. The third-order valence-corrected chi connectivity index (χ3v) is 4.72. The van der Waals surface area contributed by atoms with Crippen LogP contribution in [-0.4, -0.2) is 119 Å². The first-order valence-corrected chi connectivity index (χ1v) is 12.6. The van der Waals surface area contributed by atoms with Crippen LogP contribution in [0.4, 0.5) is 4.79 Å². The molecule has 16 heteroatoms. The molecule has 0 aliphatic rings. The van der Waals surface area contributed by atoms with Gasteiger partial charge in [0.1, 0.15) is 6.04 Å². The lowest BCUT2D eigenvalue weighted by Crippen LogP contribution is -2.42. The molecular weight excluding hydrogens is 526 g/mol. The largest absolute Gasteiger partial charge is 0.481 e. The highest BCUT2D eigenvalue weighted by atomic mass is 16.7. The number of aliphatic carboxylic acids is 2. The maximum atomic E-state index is 11.9. The van der Waals surface area contributed by atoms with Crippen molar-refractivity contribution in [1.29, 1.82) is 0 Å². The van der Waals surface area contributed by atoms with E-state index in [2.05, 4.69) is 10.1 Å². The van der Waals surface area contributed by atoms with Crippen molar-refractivity contribution in [2.45, 2.75) is 50.9 Å². The average molecular weight is 568 g/mol. The van der Waals surface area contributed by atoms with Crippen LogP contribution in [0.15, 0.2) is 0 Å². The maximum Gasteiger partial charge on any atom is 0.410 e. The van der Waals surface area contributed by atoms with E-state index in [9.17, 15) is 24.0 Å². The van der Waals surface area contributed by atoms with Gasteiger partial charge in [-0.05, 0) is 19.3 Å². The topological polar surface area (TPSA) is 231 Å². The van der Waals surface area contributed by atoms with Crippen LogP contribution in [0.1, 0.15) is 38.5 Å². The lowest BCUT2D eigenvalue weighted by atomic mass is 10.1. The Morgan fingerprint density at radius 2 is 1.38 bits per heavy atom. The molecule has 0 heterocycles. The van der Waals surface area contributed by atoms with E-state index in [1.54, 1.807) is 0 Å². The van der Waals surface area contributed by atoms with Gasteiger partial charge in [0.05, 0.1) is 52.9 Å². The van der Waals surface area contributed by atoms with Gasteiger partial charge in [-0.25, -0.2) is 9.59 Å². The van der Waals surface area contributed by atoms with Crippen LogP contribution in [0, 0.1) is 0 Å². The minimum absolute atomic E-state index is 0.0825. The number of carbonyl (C=O) groups is 5. The van der Waals surface area contributed by atoms with Crippen molar-refractivity contribution in [3.8, 4) is 0 Å². The Labute approximate surface area is 226 Å². The van der Waals surface area contributed by atoms with Crippen LogP contribution < -0.4 is 16.4 Å². The van der Waals surface area contributed by atoms with Gasteiger partial charge in [0.25, 0.3) is 6.47 Å². The van der Waals surface area contributed by atoms with Gasteiger partial charge in [-0.15, -0.1) is 0 Å². The zero-order valence-electron chi connectivity index (χ0n) is 22.0. The molecule has 0 fully saturated rings. The second kappa shape index (κ2) is 25.2. The monoisotopic (exact) mass is 567 g/mol. The summed E-state index contributed by atoms with van der Waals surface area (Å²) >= 11 is 0. The Kier molecular flexibility index (Phi) is 23.3. The molecule has 0 bridgehead atoms. The van der Waals surface area contributed by atoms with Crippen molar-refractivity contribution in [2.24, 2.45) is 5.73 Å². The molecule has 0 saturated carbocycles. The third-order valence-electron chi connectivity index (χ3n) is 4.72. The van der Waals surface area contributed by atoms with E-state index in [0.717, 1.165) is 0 Å². The standard InChI is InChI=1S/C23H41N3O13/c24-7-10-35-12-14-37-16-15-36-13-11-34-9-6-19(28)25-8-2-1-3-21(38-17-27)39-23(33)26-18(22(31)32)4-5-20(29)30/h17-18,21H,1-16,24H2,(H,25,28)(H,26,33)(H,29,30)(H,31,32)/t18-,21-/m0/s1. The molecule has 2 amide bonds. The highest BCUT2D eigenvalue weighted by Crippen LogP contribution is 2.07. The number of rotatable bonds is 27. The molecular formula is C23H41N3O13. The van der Waals surface area contributed by atoms with Crippen molar-refractivity contribution in [1.82, 2.24) is 10.6 Å². The molecule has 0 unspecified atom stereocenters. The van der Waals surface area contributed by atoms with Gasteiger partial charge in [0.2, 0.25) is 12.2 Å². The third kappa shape index (κ3) is 23.8. The zero-order chi connectivity index (χ0) is 29.1. The first-order valence-electron chi connectivity index (χ1n) is 12.6. The summed E-state index contributed by atoms with van der Waals surface area (Å²) < 4.78 is 30.7. The smallest absolute Gasteiger partial charge is 0.410 e. The average Bonchev–Trinajstić information content (AvgIpc) is 2.88. The van der Waals surface area contributed by atoms with Crippen LogP contribution in [0.5, 0.6) is 0 Å². The van der Waals surface area contributed by atoms with Crippen LogP contribution in [0.2, 0.25) is 0 Å². The Balaban J connectivity index is 3.84. The van der Waals surface area contributed by atoms with Gasteiger partial charge in [0, 0.05) is 32.4 Å². The summed E-state index contributed by atoms with van der Waals surface area (Å²) in [5.74, 6) is -2.86. The van der Waals surface area contributed by atoms with Crippen LogP contribution in [0.25, 0.3) is 0 Å².